The molecule has 0 spiro atoms. The van der Waals surface area contributed by atoms with E-state index in [1.54, 1.807) is 38.2 Å². The Kier molecular flexibility index (Phi) is 7.24. The van der Waals surface area contributed by atoms with Crippen LogP contribution in [0.25, 0.3) is 0 Å². The van der Waals surface area contributed by atoms with Gasteiger partial charge in [0, 0.05) is 32.2 Å². The van der Waals surface area contributed by atoms with E-state index in [1.165, 1.54) is 4.90 Å². The normalized spacial score (nSPS) is 10.3. The van der Waals surface area contributed by atoms with Gasteiger partial charge in [-0.3, -0.25) is 4.79 Å². The Bertz CT molecular complexity index is 824. The first kappa shape index (κ1) is 20.8. The van der Waals surface area contributed by atoms with Crippen molar-refractivity contribution in [3.05, 3.63) is 58.1 Å². The summed E-state index contributed by atoms with van der Waals surface area (Å²) < 4.78 is 6.58. The summed E-state index contributed by atoms with van der Waals surface area (Å²) in [6.45, 7) is 2.28. The van der Waals surface area contributed by atoms with Crippen molar-refractivity contribution in [3.63, 3.8) is 0 Å². The zero-order valence-electron chi connectivity index (χ0n) is 16.0. The van der Waals surface area contributed by atoms with Crippen LogP contribution < -0.4 is 10.1 Å². The first-order chi connectivity index (χ1) is 12.8. The number of hydrogen-bond donors (Lipinski definition) is 1. The van der Waals surface area contributed by atoms with Gasteiger partial charge in [-0.25, -0.2) is 4.79 Å². The summed E-state index contributed by atoms with van der Waals surface area (Å²) in [6, 6.07) is 12.9. The number of carbonyl (C=O) groups excluding carboxylic acids is 2. The lowest BCUT2D eigenvalue weighted by molar-refractivity contribution is -0.130. The van der Waals surface area contributed by atoms with Crippen LogP contribution >= 0.6 is 15.9 Å². The van der Waals surface area contributed by atoms with Gasteiger partial charge in [-0.15, -0.1) is 0 Å². The molecule has 144 valence electrons. The third kappa shape index (κ3) is 5.99. The van der Waals surface area contributed by atoms with Crippen molar-refractivity contribution < 1.29 is 14.3 Å². The highest BCUT2D eigenvalue weighted by atomic mass is 79.9. The van der Waals surface area contributed by atoms with E-state index in [0.29, 0.717) is 18.0 Å². The molecule has 0 heterocycles. The maximum Gasteiger partial charge on any atom is 0.321 e. The first-order valence-corrected chi connectivity index (χ1v) is 9.26. The molecule has 2 aromatic carbocycles. The standard InChI is InChI=1S/C20H24BrN3O3/c1-14-9-10-17(18(11-14)27-13-19(25)23(2)3)22-20(26)24(4)12-15-7-5-6-8-16(15)21/h5-11H,12-13H2,1-4H3,(H,22,26). The number of ether oxygens (including phenoxy) is 1. The molecular weight excluding hydrogens is 410 g/mol. The summed E-state index contributed by atoms with van der Waals surface area (Å²) in [4.78, 5) is 27.4. The lowest BCUT2D eigenvalue weighted by atomic mass is 10.2. The predicted octanol–water partition coefficient (Wildman–Crippen LogP) is 3.89. The quantitative estimate of drug-likeness (QED) is 0.751. The van der Waals surface area contributed by atoms with Crippen LogP contribution in [0.2, 0.25) is 0 Å². The van der Waals surface area contributed by atoms with E-state index in [2.05, 4.69) is 21.2 Å². The zero-order valence-corrected chi connectivity index (χ0v) is 17.5. The average Bonchev–Trinajstić information content (AvgIpc) is 2.63. The number of nitrogens with zero attached hydrogens (tertiary/aromatic N) is 2. The highest BCUT2D eigenvalue weighted by Crippen LogP contribution is 2.26. The van der Waals surface area contributed by atoms with Gasteiger partial charge in [0.15, 0.2) is 6.61 Å². The van der Waals surface area contributed by atoms with E-state index < -0.39 is 0 Å². The third-order valence-electron chi connectivity index (χ3n) is 3.94. The Hall–Kier alpha value is -2.54. The van der Waals surface area contributed by atoms with E-state index in [9.17, 15) is 9.59 Å². The zero-order chi connectivity index (χ0) is 20.0. The van der Waals surface area contributed by atoms with Crippen molar-refractivity contribution in [2.75, 3.05) is 33.1 Å². The van der Waals surface area contributed by atoms with Gasteiger partial charge in [0.2, 0.25) is 0 Å². The summed E-state index contributed by atoms with van der Waals surface area (Å²) >= 11 is 3.49. The number of likely N-dealkylation sites (N-methyl/N-ethyl adjacent to an activating group) is 1. The molecule has 7 heteroatoms. The molecule has 0 unspecified atom stereocenters. The van der Waals surface area contributed by atoms with Crippen LogP contribution in [0.3, 0.4) is 0 Å². The number of hydrogen-bond acceptors (Lipinski definition) is 3. The van der Waals surface area contributed by atoms with Gasteiger partial charge >= 0.3 is 6.03 Å². The molecule has 27 heavy (non-hydrogen) atoms. The molecule has 0 radical (unpaired) electrons. The molecule has 0 fully saturated rings. The molecule has 2 rings (SSSR count). The van der Waals surface area contributed by atoms with Crippen LogP contribution in [-0.2, 0) is 11.3 Å². The molecule has 0 saturated carbocycles. The predicted molar refractivity (Wildman–Crippen MR) is 110 cm³/mol. The van der Waals surface area contributed by atoms with E-state index in [-0.39, 0.29) is 18.5 Å². The number of nitrogens with one attached hydrogen (secondary N) is 1. The largest absolute Gasteiger partial charge is 0.482 e. The van der Waals surface area contributed by atoms with E-state index in [0.717, 1.165) is 15.6 Å². The van der Waals surface area contributed by atoms with Crippen molar-refractivity contribution in [3.8, 4) is 5.75 Å². The number of amides is 3. The molecule has 6 nitrogen and oxygen atoms in total. The van der Waals surface area contributed by atoms with Gasteiger partial charge in [0.05, 0.1) is 5.69 Å². The number of aryl methyl sites for hydroxylation is 1. The second-order valence-corrected chi connectivity index (χ2v) is 7.31. The van der Waals surface area contributed by atoms with Gasteiger partial charge < -0.3 is 19.9 Å². The SMILES string of the molecule is Cc1ccc(NC(=O)N(C)Cc2ccccc2Br)c(OCC(=O)N(C)C)c1. The summed E-state index contributed by atoms with van der Waals surface area (Å²) in [5.41, 5.74) is 2.50. The Morgan fingerprint density at radius 1 is 1.11 bits per heavy atom. The van der Waals surface area contributed by atoms with E-state index in [1.807, 2.05) is 37.3 Å². The third-order valence-corrected chi connectivity index (χ3v) is 4.71. The van der Waals surface area contributed by atoms with Gasteiger partial charge in [0.25, 0.3) is 5.91 Å². The van der Waals surface area contributed by atoms with Crippen molar-refractivity contribution in [1.29, 1.82) is 0 Å². The minimum Gasteiger partial charge on any atom is -0.482 e. The number of halogens is 1. The summed E-state index contributed by atoms with van der Waals surface area (Å²) in [7, 11) is 5.06. The average molecular weight is 434 g/mol. The Labute approximate surface area is 168 Å². The number of anilines is 1. The summed E-state index contributed by atoms with van der Waals surface area (Å²) in [5, 5.41) is 2.85. The van der Waals surface area contributed by atoms with Gasteiger partial charge in [0.1, 0.15) is 5.75 Å². The molecule has 0 atom stereocenters. The van der Waals surface area contributed by atoms with Crippen LogP contribution in [0.15, 0.2) is 46.9 Å². The number of rotatable bonds is 6. The van der Waals surface area contributed by atoms with Crippen LogP contribution in [0.4, 0.5) is 10.5 Å². The van der Waals surface area contributed by atoms with Gasteiger partial charge in [-0.2, -0.15) is 0 Å². The second-order valence-electron chi connectivity index (χ2n) is 6.45. The smallest absolute Gasteiger partial charge is 0.321 e. The number of benzene rings is 2. The van der Waals surface area contributed by atoms with Gasteiger partial charge in [-0.1, -0.05) is 40.2 Å². The van der Waals surface area contributed by atoms with Gasteiger partial charge in [-0.05, 0) is 36.2 Å². The number of carbonyl (C=O) groups is 2. The van der Waals surface area contributed by atoms with Crippen LogP contribution in [-0.4, -0.2) is 49.5 Å². The second kappa shape index (κ2) is 9.41. The molecule has 0 aromatic heterocycles. The number of urea groups is 1. The maximum atomic E-state index is 12.6. The molecule has 0 aliphatic rings. The van der Waals surface area contributed by atoms with Crippen molar-refractivity contribution in [1.82, 2.24) is 9.80 Å². The summed E-state index contributed by atoms with van der Waals surface area (Å²) in [5.74, 6) is 0.313. The molecule has 0 bridgehead atoms. The topological polar surface area (TPSA) is 61.9 Å². The molecule has 2 aromatic rings. The van der Waals surface area contributed by atoms with Crippen molar-refractivity contribution in [2.24, 2.45) is 0 Å². The lowest BCUT2D eigenvalue weighted by Gasteiger charge is -2.20. The minimum absolute atomic E-state index is 0.0911. The molecule has 3 amide bonds. The molecule has 0 aliphatic heterocycles. The first-order valence-electron chi connectivity index (χ1n) is 8.47. The fourth-order valence-electron chi connectivity index (χ4n) is 2.29. The van der Waals surface area contributed by atoms with Crippen molar-refractivity contribution in [2.45, 2.75) is 13.5 Å². The van der Waals surface area contributed by atoms with Crippen LogP contribution in [0.1, 0.15) is 11.1 Å². The highest BCUT2D eigenvalue weighted by Gasteiger charge is 2.15. The Morgan fingerprint density at radius 2 is 1.81 bits per heavy atom. The highest BCUT2D eigenvalue weighted by molar-refractivity contribution is 9.10. The fourth-order valence-corrected chi connectivity index (χ4v) is 2.70. The van der Waals surface area contributed by atoms with Crippen LogP contribution in [0, 0.1) is 6.92 Å². The van der Waals surface area contributed by atoms with E-state index in [4.69, 9.17) is 4.74 Å². The fraction of sp³-hybridized carbons (Fsp3) is 0.300. The van der Waals surface area contributed by atoms with E-state index >= 15 is 0 Å². The Morgan fingerprint density at radius 3 is 2.48 bits per heavy atom. The molecule has 1 N–H and O–H groups in total. The molecule has 0 aliphatic carbocycles. The lowest BCUT2D eigenvalue weighted by Crippen LogP contribution is -2.31. The van der Waals surface area contributed by atoms with Crippen LogP contribution in [0.5, 0.6) is 5.75 Å². The molecular formula is C20H24BrN3O3. The van der Waals surface area contributed by atoms with Crippen molar-refractivity contribution >= 4 is 33.6 Å². The minimum atomic E-state index is -0.265. The molecule has 0 saturated heterocycles. The monoisotopic (exact) mass is 433 g/mol. The summed E-state index contributed by atoms with van der Waals surface area (Å²) in [6.07, 6.45) is 0. The Balaban J connectivity index is 2.08. The maximum absolute atomic E-state index is 12.6.